The van der Waals surface area contributed by atoms with Crippen LogP contribution < -0.4 is 15.6 Å². The van der Waals surface area contributed by atoms with Gasteiger partial charge in [-0.2, -0.15) is 5.10 Å². The molecule has 10 nitrogen and oxygen atoms in total. The number of anilines is 1. The van der Waals surface area contributed by atoms with Crippen LogP contribution in [-0.2, 0) is 34.3 Å². The van der Waals surface area contributed by atoms with Crippen LogP contribution in [0.4, 0.5) is 5.69 Å². The zero-order chi connectivity index (χ0) is 25.6. The van der Waals surface area contributed by atoms with E-state index in [2.05, 4.69) is 20.1 Å². The van der Waals surface area contributed by atoms with E-state index in [-0.39, 0.29) is 28.7 Å². The number of carbonyl (C=O) groups is 1. The highest BCUT2D eigenvalue weighted by molar-refractivity contribution is 7.89. The van der Waals surface area contributed by atoms with E-state index in [0.29, 0.717) is 24.1 Å². The molecule has 35 heavy (non-hydrogen) atoms. The van der Waals surface area contributed by atoms with E-state index < -0.39 is 21.5 Å². The Hall–Kier alpha value is -3.12. The van der Waals surface area contributed by atoms with Crippen molar-refractivity contribution < 1.29 is 13.2 Å². The van der Waals surface area contributed by atoms with Crippen LogP contribution in [0.2, 0.25) is 5.02 Å². The lowest BCUT2D eigenvalue weighted by Crippen LogP contribution is -2.33. The van der Waals surface area contributed by atoms with Gasteiger partial charge >= 0.3 is 0 Å². The van der Waals surface area contributed by atoms with Gasteiger partial charge in [0.1, 0.15) is 6.54 Å². The zero-order valence-corrected chi connectivity index (χ0v) is 21.2. The molecule has 0 saturated heterocycles. The molecule has 3 aromatic rings. The molecule has 12 heteroatoms. The fraction of sp³-hybridized carbons (Fsp3) is 0.304. The maximum absolute atomic E-state index is 12.9. The highest BCUT2D eigenvalue weighted by atomic mass is 35.5. The van der Waals surface area contributed by atoms with Crippen molar-refractivity contribution in [3.8, 4) is 0 Å². The Kier molecular flexibility index (Phi) is 8.73. The number of sulfonamides is 1. The number of nitrogens with zero attached hydrogens (tertiary/aromatic N) is 4. The molecule has 0 fully saturated rings. The standard InChI is InChI=1S/C23H27ClN6O4S/c1-16-7-8-18(12-21(16)35(33,34)27-11-9-17-6-4-5-10-25-17)28-22(31)15-30-23(32)19(14-29(2)3)20(24)13-26-30/h4-8,10,12-13,27H,9,11,14-15H2,1-3H3,(H,28,31). The lowest BCUT2D eigenvalue weighted by atomic mass is 10.2. The zero-order valence-electron chi connectivity index (χ0n) is 19.7. The summed E-state index contributed by atoms with van der Waals surface area (Å²) in [7, 11) is -0.232. The smallest absolute Gasteiger partial charge is 0.273 e. The van der Waals surface area contributed by atoms with E-state index in [4.69, 9.17) is 11.6 Å². The molecule has 0 spiro atoms. The molecule has 1 aromatic carbocycles. The molecule has 0 aliphatic heterocycles. The quantitative estimate of drug-likeness (QED) is 0.419. The minimum Gasteiger partial charge on any atom is -0.324 e. The SMILES string of the molecule is Cc1ccc(NC(=O)Cn2ncc(Cl)c(CN(C)C)c2=O)cc1S(=O)(=O)NCCc1ccccn1. The maximum Gasteiger partial charge on any atom is 0.273 e. The molecule has 3 rings (SSSR count). The Balaban J connectivity index is 1.70. The van der Waals surface area contributed by atoms with E-state index in [1.165, 1.54) is 12.3 Å². The predicted octanol–water partition coefficient (Wildman–Crippen LogP) is 1.82. The molecule has 2 N–H and O–H groups in total. The summed E-state index contributed by atoms with van der Waals surface area (Å²) in [5, 5.41) is 6.79. The second-order valence-corrected chi connectivity index (χ2v) is 10.3. The summed E-state index contributed by atoms with van der Waals surface area (Å²) in [6.45, 7) is 1.79. The minimum atomic E-state index is -3.82. The van der Waals surface area contributed by atoms with Crippen molar-refractivity contribution in [2.24, 2.45) is 0 Å². The first-order chi connectivity index (χ1) is 16.6. The van der Waals surface area contributed by atoms with Crippen LogP contribution in [0.3, 0.4) is 0 Å². The number of rotatable bonds is 10. The Morgan fingerprint density at radius 2 is 1.97 bits per heavy atom. The Morgan fingerprint density at radius 3 is 2.66 bits per heavy atom. The van der Waals surface area contributed by atoms with E-state index in [1.54, 1.807) is 50.3 Å². The van der Waals surface area contributed by atoms with Crippen LogP contribution in [0.25, 0.3) is 0 Å². The van der Waals surface area contributed by atoms with E-state index in [0.717, 1.165) is 10.4 Å². The Bertz CT molecular complexity index is 1360. The number of hydrogen-bond donors (Lipinski definition) is 2. The van der Waals surface area contributed by atoms with Crippen LogP contribution in [0, 0.1) is 6.92 Å². The van der Waals surface area contributed by atoms with Gasteiger partial charge in [0, 0.05) is 37.1 Å². The highest BCUT2D eigenvalue weighted by Gasteiger charge is 2.18. The second-order valence-electron chi connectivity index (χ2n) is 8.17. The van der Waals surface area contributed by atoms with Crippen molar-refractivity contribution in [3.05, 3.63) is 81.0 Å². The molecule has 0 unspecified atom stereocenters. The molecule has 2 aromatic heterocycles. The van der Waals surface area contributed by atoms with Crippen LogP contribution in [0.15, 0.2) is 58.5 Å². The largest absolute Gasteiger partial charge is 0.324 e. The lowest BCUT2D eigenvalue weighted by Gasteiger charge is -2.14. The van der Waals surface area contributed by atoms with Gasteiger partial charge in [-0.05, 0) is 50.8 Å². The Labute approximate surface area is 209 Å². The first-order valence-corrected chi connectivity index (χ1v) is 12.6. The molecule has 0 bridgehead atoms. The topological polar surface area (TPSA) is 126 Å². The fourth-order valence-electron chi connectivity index (χ4n) is 3.32. The van der Waals surface area contributed by atoms with Gasteiger partial charge in [0.25, 0.3) is 5.56 Å². The van der Waals surface area contributed by atoms with Crippen molar-refractivity contribution >= 4 is 33.2 Å². The molecule has 186 valence electrons. The number of carbonyl (C=O) groups excluding carboxylic acids is 1. The third-order valence-electron chi connectivity index (χ3n) is 5.02. The third-order valence-corrected chi connectivity index (χ3v) is 6.95. The molecule has 0 atom stereocenters. The van der Waals surface area contributed by atoms with Crippen LogP contribution in [0.5, 0.6) is 0 Å². The molecule has 0 aliphatic carbocycles. The molecule has 1 amide bonds. The van der Waals surface area contributed by atoms with Crippen LogP contribution in [-0.4, -0.2) is 54.6 Å². The van der Waals surface area contributed by atoms with Crippen LogP contribution in [0.1, 0.15) is 16.8 Å². The molecule has 2 heterocycles. The predicted molar refractivity (Wildman–Crippen MR) is 134 cm³/mol. The summed E-state index contributed by atoms with van der Waals surface area (Å²) >= 11 is 6.09. The Morgan fingerprint density at radius 1 is 1.20 bits per heavy atom. The number of amides is 1. The summed E-state index contributed by atoms with van der Waals surface area (Å²) in [5.74, 6) is -0.534. The van der Waals surface area contributed by atoms with Crippen molar-refractivity contribution in [3.63, 3.8) is 0 Å². The van der Waals surface area contributed by atoms with E-state index in [1.807, 2.05) is 12.1 Å². The highest BCUT2D eigenvalue weighted by Crippen LogP contribution is 2.20. The summed E-state index contributed by atoms with van der Waals surface area (Å²) in [6, 6.07) is 10.0. The normalized spacial score (nSPS) is 11.6. The van der Waals surface area contributed by atoms with Gasteiger partial charge in [-0.25, -0.2) is 17.8 Å². The third kappa shape index (κ3) is 7.18. The summed E-state index contributed by atoms with van der Waals surface area (Å²) < 4.78 is 29.3. The van der Waals surface area contributed by atoms with Gasteiger partial charge in [0.15, 0.2) is 0 Å². The summed E-state index contributed by atoms with van der Waals surface area (Å²) in [6.07, 6.45) is 3.41. The lowest BCUT2D eigenvalue weighted by molar-refractivity contribution is -0.117. The van der Waals surface area contributed by atoms with Gasteiger partial charge in [0.2, 0.25) is 15.9 Å². The molecular formula is C23H27ClN6O4S. The fourth-order valence-corrected chi connectivity index (χ4v) is 4.81. The number of benzene rings is 1. The number of hydrogen-bond acceptors (Lipinski definition) is 7. The number of pyridine rings is 1. The average Bonchev–Trinajstić information content (AvgIpc) is 2.80. The van der Waals surface area contributed by atoms with Gasteiger partial charge in [-0.3, -0.25) is 14.6 Å². The number of aromatic nitrogens is 3. The summed E-state index contributed by atoms with van der Waals surface area (Å²) in [5.41, 5.74) is 1.44. The van der Waals surface area contributed by atoms with Crippen molar-refractivity contribution in [1.29, 1.82) is 0 Å². The molecular weight excluding hydrogens is 492 g/mol. The second kappa shape index (κ2) is 11.5. The molecule has 0 radical (unpaired) electrons. The molecule has 0 saturated carbocycles. The van der Waals surface area contributed by atoms with Gasteiger partial charge in [-0.15, -0.1) is 0 Å². The van der Waals surface area contributed by atoms with E-state index >= 15 is 0 Å². The number of aryl methyl sites for hydroxylation is 1. The van der Waals surface area contributed by atoms with Crippen molar-refractivity contribution in [2.75, 3.05) is 26.0 Å². The van der Waals surface area contributed by atoms with Gasteiger partial charge in [0.05, 0.1) is 21.7 Å². The monoisotopic (exact) mass is 518 g/mol. The molecule has 0 aliphatic rings. The minimum absolute atomic E-state index is 0.0476. The maximum atomic E-state index is 12.9. The average molecular weight is 519 g/mol. The first kappa shape index (κ1) is 26.5. The number of nitrogens with one attached hydrogen (secondary N) is 2. The van der Waals surface area contributed by atoms with Crippen molar-refractivity contribution in [1.82, 2.24) is 24.4 Å². The van der Waals surface area contributed by atoms with E-state index in [9.17, 15) is 18.0 Å². The first-order valence-electron chi connectivity index (χ1n) is 10.8. The van der Waals surface area contributed by atoms with Crippen molar-refractivity contribution in [2.45, 2.75) is 31.3 Å². The van der Waals surface area contributed by atoms with Gasteiger partial charge in [-0.1, -0.05) is 23.7 Å². The summed E-state index contributed by atoms with van der Waals surface area (Å²) in [4.78, 5) is 31.3. The number of halogens is 1. The van der Waals surface area contributed by atoms with Gasteiger partial charge < -0.3 is 10.2 Å². The van der Waals surface area contributed by atoms with Crippen LogP contribution >= 0.6 is 11.6 Å².